The first-order chi connectivity index (χ1) is 12.9. The van der Waals surface area contributed by atoms with Crippen LogP contribution in [0.4, 0.5) is 5.69 Å². The van der Waals surface area contributed by atoms with Crippen LogP contribution in [0.5, 0.6) is 0 Å². The van der Waals surface area contributed by atoms with Crippen molar-refractivity contribution < 1.29 is 14.4 Å². The molecule has 0 aliphatic rings. The van der Waals surface area contributed by atoms with Gasteiger partial charge in [-0.2, -0.15) is 0 Å². The molecule has 1 unspecified atom stereocenters. The van der Waals surface area contributed by atoms with Crippen molar-refractivity contribution in [1.29, 1.82) is 0 Å². The number of carbonyl (C=O) groups is 3. The van der Waals surface area contributed by atoms with Gasteiger partial charge in [0.1, 0.15) is 0 Å². The Hall–Kier alpha value is -2.86. The summed E-state index contributed by atoms with van der Waals surface area (Å²) in [6.45, 7) is 3.37. The fourth-order valence-corrected chi connectivity index (χ4v) is 2.59. The van der Waals surface area contributed by atoms with Crippen molar-refractivity contribution in [1.82, 2.24) is 10.6 Å². The van der Waals surface area contributed by atoms with Crippen LogP contribution in [0.1, 0.15) is 29.3 Å². The second-order valence-electron chi connectivity index (χ2n) is 6.18. The zero-order valence-electron chi connectivity index (χ0n) is 15.2. The van der Waals surface area contributed by atoms with Crippen molar-refractivity contribution >= 4 is 35.0 Å². The van der Waals surface area contributed by atoms with E-state index in [0.717, 1.165) is 5.56 Å². The minimum Gasteiger partial charge on any atom is -0.349 e. The number of anilines is 1. The summed E-state index contributed by atoms with van der Waals surface area (Å²) in [5, 5.41) is 8.56. The molecule has 0 saturated heterocycles. The van der Waals surface area contributed by atoms with Crippen molar-refractivity contribution in [2.75, 3.05) is 11.9 Å². The molecule has 0 radical (unpaired) electrons. The summed E-state index contributed by atoms with van der Waals surface area (Å²) in [4.78, 5) is 36.0. The molecule has 2 rings (SSSR count). The average Bonchev–Trinajstić information content (AvgIpc) is 2.64. The van der Waals surface area contributed by atoms with Crippen molar-refractivity contribution in [3.8, 4) is 0 Å². The number of halogens is 1. The van der Waals surface area contributed by atoms with Gasteiger partial charge in [-0.05, 0) is 43.7 Å². The minimum atomic E-state index is -0.365. The first-order valence-corrected chi connectivity index (χ1v) is 8.92. The molecule has 0 saturated carbocycles. The molecular weight excluding hydrogens is 366 g/mol. The van der Waals surface area contributed by atoms with Crippen LogP contribution < -0.4 is 16.0 Å². The van der Waals surface area contributed by atoms with E-state index < -0.39 is 0 Å². The highest BCUT2D eigenvalue weighted by molar-refractivity contribution is 6.31. The smallest absolute Gasteiger partial charge is 0.251 e. The van der Waals surface area contributed by atoms with Crippen LogP contribution in [-0.2, 0) is 9.59 Å². The summed E-state index contributed by atoms with van der Waals surface area (Å²) < 4.78 is 0. The van der Waals surface area contributed by atoms with E-state index in [1.54, 1.807) is 56.3 Å². The maximum absolute atomic E-state index is 12.0. The molecule has 0 aliphatic heterocycles. The van der Waals surface area contributed by atoms with Gasteiger partial charge in [-0.25, -0.2) is 0 Å². The molecule has 2 aromatic carbocycles. The summed E-state index contributed by atoms with van der Waals surface area (Å²) in [6.07, 6.45) is 0.0715. The Kier molecular flexibility index (Phi) is 7.37. The molecule has 0 bridgehead atoms. The second-order valence-corrected chi connectivity index (χ2v) is 6.59. The van der Waals surface area contributed by atoms with Crippen LogP contribution in [0.2, 0.25) is 5.02 Å². The minimum absolute atomic E-state index is 0.0715. The number of rotatable bonds is 7. The Balaban J connectivity index is 1.76. The van der Waals surface area contributed by atoms with E-state index in [1.165, 1.54) is 0 Å². The van der Waals surface area contributed by atoms with Crippen LogP contribution in [0, 0.1) is 6.92 Å². The van der Waals surface area contributed by atoms with Gasteiger partial charge in [0.15, 0.2) is 0 Å². The van der Waals surface area contributed by atoms with E-state index in [0.29, 0.717) is 16.3 Å². The maximum atomic E-state index is 12.0. The fraction of sp³-hybridized carbons (Fsp3) is 0.250. The molecule has 142 valence electrons. The lowest BCUT2D eigenvalue weighted by Gasteiger charge is -2.14. The summed E-state index contributed by atoms with van der Waals surface area (Å²) >= 11 is 6.01. The summed E-state index contributed by atoms with van der Waals surface area (Å²) in [5.41, 5.74) is 1.89. The summed E-state index contributed by atoms with van der Waals surface area (Å²) in [6, 6.07) is 13.6. The summed E-state index contributed by atoms with van der Waals surface area (Å²) in [5.74, 6) is -0.923. The number of hydrogen-bond acceptors (Lipinski definition) is 3. The number of hydrogen-bond donors (Lipinski definition) is 3. The molecule has 0 fully saturated rings. The van der Waals surface area contributed by atoms with Crippen molar-refractivity contribution in [3.63, 3.8) is 0 Å². The van der Waals surface area contributed by atoms with E-state index in [9.17, 15) is 14.4 Å². The van der Waals surface area contributed by atoms with Gasteiger partial charge in [0.2, 0.25) is 11.8 Å². The standard InChI is InChI=1S/C20H22ClN3O3/c1-13(23-20(27)15-7-4-3-5-8-15)11-18(25)22-12-19(26)24-17-10-6-9-16(21)14(17)2/h3-10,13H,11-12H2,1-2H3,(H,22,25)(H,23,27)(H,24,26). The Morgan fingerprint density at radius 2 is 1.70 bits per heavy atom. The Morgan fingerprint density at radius 1 is 1.00 bits per heavy atom. The van der Waals surface area contributed by atoms with Gasteiger partial charge in [-0.15, -0.1) is 0 Å². The molecule has 0 aliphatic carbocycles. The highest BCUT2D eigenvalue weighted by Gasteiger charge is 2.14. The maximum Gasteiger partial charge on any atom is 0.251 e. The predicted molar refractivity (Wildman–Crippen MR) is 106 cm³/mol. The van der Waals surface area contributed by atoms with E-state index in [-0.39, 0.29) is 36.7 Å². The van der Waals surface area contributed by atoms with Gasteiger partial charge in [-0.1, -0.05) is 35.9 Å². The second kappa shape index (κ2) is 9.73. The van der Waals surface area contributed by atoms with E-state index in [4.69, 9.17) is 11.6 Å². The topological polar surface area (TPSA) is 87.3 Å². The summed E-state index contributed by atoms with van der Waals surface area (Å²) in [7, 11) is 0. The molecule has 27 heavy (non-hydrogen) atoms. The highest BCUT2D eigenvalue weighted by Crippen LogP contribution is 2.22. The Labute approximate surface area is 163 Å². The number of nitrogens with one attached hydrogen (secondary N) is 3. The lowest BCUT2D eigenvalue weighted by molar-refractivity contribution is -0.124. The van der Waals surface area contributed by atoms with Crippen molar-refractivity contribution in [3.05, 3.63) is 64.7 Å². The molecule has 7 heteroatoms. The van der Waals surface area contributed by atoms with Crippen molar-refractivity contribution in [2.45, 2.75) is 26.3 Å². The number of amides is 3. The molecule has 0 heterocycles. The Morgan fingerprint density at radius 3 is 2.41 bits per heavy atom. The predicted octanol–water partition coefficient (Wildman–Crippen LogP) is 2.91. The van der Waals surface area contributed by atoms with Gasteiger partial charge in [0.25, 0.3) is 5.91 Å². The fourth-order valence-electron chi connectivity index (χ4n) is 2.41. The number of carbonyl (C=O) groups excluding carboxylic acids is 3. The molecule has 6 nitrogen and oxygen atoms in total. The molecular formula is C20H22ClN3O3. The molecule has 2 aromatic rings. The van der Waals surface area contributed by atoms with Crippen LogP contribution >= 0.6 is 11.6 Å². The molecule has 3 amide bonds. The van der Waals surface area contributed by atoms with E-state index in [2.05, 4.69) is 16.0 Å². The first kappa shape index (κ1) is 20.5. The molecule has 3 N–H and O–H groups in total. The van der Waals surface area contributed by atoms with Gasteiger partial charge in [-0.3, -0.25) is 14.4 Å². The van der Waals surface area contributed by atoms with Crippen molar-refractivity contribution in [2.24, 2.45) is 0 Å². The third-order valence-corrected chi connectivity index (χ3v) is 4.30. The van der Waals surface area contributed by atoms with Crippen LogP contribution in [0.25, 0.3) is 0 Å². The van der Waals surface area contributed by atoms with Crippen LogP contribution in [0.3, 0.4) is 0 Å². The zero-order chi connectivity index (χ0) is 19.8. The van der Waals surface area contributed by atoms with Crippen LogP contribution in [0.15, 0.2) is 48.5 Å². The molecule has 1 atom stereocenters. The van der Waals surface area contributed by atoms with E-state index >= 15 is 0 Å². The third-order valence-electron chi connectivity index (χ3n) is 3.89. The van der Waals surface area contributed by atoms with Gasteiger partial charge < -0.3 is 16.0 Å². The lowest BCUT2D eigenvalue weighted by Crippen LogP contribution is -2.39. The molecule has 0 spiro atoms. The number of benzene rings is 2. The quantitative estimate of drug-likeness (QED) is 0.682. The zero-order valence-corrected chi connectivity index (χ0v) is 16.0. The third kappa shape index (κ3) is 6.42. The Bertz CT molecular complexity index is 824. The monoisotopic (exact) mass is 387 g/mol. The van der Waals surface area contributed by atoms with Gasteiger partial charge >= 0.3 is 0 Å². The largest absolute Gasteiger partial charge is 0.349 e. The normalized spacial score (nSPS) is 11.4. The SMILES string of the molecule is Cc1c(Cl)cccc1NC(=O)CNC(=O)CC(C)NC(=O)c1ccccc1. The van der Waals surface area contributed by atoms with Gasteiger partial charge in [0.05, 0.1) is 6.54 Å². The van der Waals surface area contributed by atoms with Crippen LogP contribution in [-0.4, -0.2) is 30.3 Å². The first-order valence-electron chi connectivity index (χ1n) is 8.54. The van der Waals surface area contributed by atoms with E-state index in [1.807, 2.05) is 6.07 Å². The highest BCUT2D eigenvalue weighted by atomic mass is 35.5. The average molecular weight is 388 g/mol. The molecule has 0 aromatic heterocycles. The lowest BCUT2D eigenvalue weighted by atomic mass is 10.1. The van der Waals surface area contributed by atoms with Gasteiger partial charge in [0, 0.05) is 28.7 Å².